The van der Waals surface area contributed by atoms with Gasteiger partial charge in [-0.25, -0.2) is 9.18 Å². The molecule has 24 heavy (non-hydrogen) atoms. The van der Waals surface area contributed by atoms with E-state index in [0.717, 1.165) is 12.1 Å². The number of amides is 1. The van der Waals surface area contributed by atoms with Crippen LogP contribution < -0.4 is 11.1 Å². The number of carbonyl (C=O) groups is 1. The Bertz CT molecular complexity index is 607. The van der Waals surface area contributed by atoms with Gasteiger partial charge in [0.05, 0.1) is 17.1 Å². The van der Waals surface area contributed by atoms with Crippen LogP contribution in [0.3, 0.4) is 0 Å². The lowest BCUT2D eigenvalue weighted by Gasteiger charge is -2.34. The number of alkyl halides is 3. The molecule has 0 aliphatic carbocycles. The third-order valence-corrected chi connectivity index (χ3v) is 3.26. The zero-order valence-corrected chi connectivity index (χ0v) is 14.2. The summed E-state index contributed by atoms with van der Waals surface area (Å²) >= 11 is 0. The fraction of sp³-hybridized carbons (Fsp3) is 0.562. The summed E-state index contributed by atoms with van der Waals surface area (Å²) in [6, 6.07) is 1.51. The molecule has 1 atom stereocenters. The number of rotatable bonds is 3. The minimum Gasteiger partial charge on any atom is -0.444 e. The molecular weight excluding hydrogens is 328 g/mol. The number of benzene rings is 1. The van der Waals surface area contributed by atoms with E-state index in [1.807, 2.05) is 0 Å². The van der Waals surface area contributed by atoms with Crippen molar-refractivity contribution in [1.82, 2.24) is 5.32 Å². The number of hydrogen-bond donors (Lipinski definition) is 2. The Labute approximate surface area is 138 Å². The molecular formula is C16H22F4N2O2. The van der Waals surface area contributed by atoms with Crippen LogP contribution in [0.4, 0.5) is 22.4 Å². The van der Waals surface area contributed by atoms with Crippen molar-refractivity contribution < 1.29 is 27.1 Å². The van der Waals surface area contributed by atoms with Crippen LogP contribution in [0.2, 0.25) is 0 Å². The van der Waals surface area contributed by atoms with Gasteiger partial charge in [-0.3, -0.25) is 0 Å². The van der Waals surface area contributed by atoms with Crippen molar-refractivity contribution in [3.05, 3.63) is 35.1 Å². The maximum atomic E-state index is 13.7. The molecule has 3 N–H and O–H groups in total. The van der Waals surface area contributed by atoms with Gasteiger partial charge in [-0.1, -0.05) is 6.07 Å². The summed E-state index contributed by atoms with van der Waals surface area (Å²) in [5.41, 5.74) is 2.96. The third kappa shape index (κ3) is 5.36. The van der Waals surface area contributed by atoms with Crippen LogP contribution in [-0.4, -0.2) is 17.2 Å². The van der Waals surface area contributed by atoms with Gasteiger partial charge in [0, 0.05) is 0 Å². The van der Waals surface area contributed by atoms with Crippen LogP contribution >= 0.6 is 0 Å². The summed E-state index contributed by atoms with van der Waals surface area (Å²) in [5, 5.41) is 2.54. The zero-order chi connectivity index (χ0) is 18.9. The maximum absolute atomic E-state index is 13.7. The highest BCUT2D eigenvalue weighted by Gasteiger charge is 2.36. The molecule has 4 nitrogen and oxygen atoms in total. The summed E-state index contributed by atoms with van der Waals surface area (Å²) in [6.45, 7) is 8.19. The van der Waals surface area contributed by atoms with Gasteiger partial charge in [0.25, 0.3) is 0 Å². The second kappa shape index (κ2) is 6.58. The van der Waals surface area contributed by atoms with E-state index in [4.69, 9.17) is 10.5 Å². The van der Waals surface area contributed by atoms with Crippen molar-refractivity contribution >= 4 is 6.09 Å². The molecule has 0 fully saturated rings. The summed E-state index contributed by atoms with van der Waals surface area (Å²) < 4.78 is 56.6. The van der Waals surface area contributed by atoms with Gasteiger partial charge < -0.3 is 15.8 Å². The number of nitrogens with two attached hydrogens (primary N) is 1. The van der Waals surface area contributed by atoms with Crippen LogP contribution in [-0.2, 0) is 10.9 Å². The predicted molar refractivity (Wildman–Crippen MR) is 81.8 cm³/mol. The van der Waals surface area contributed by atoms with E-state index in [2.05, 4.69) is 5.32 Å². The minimum absolute atomic E-state index is 0.126. The normalized spacial score (nSPS) is 14.2. The van der Waals surface area contributed by atoms with Gasteiger partial charge in [-0.2, -0.15) is 13.2 Å². The van der Waals surface area contributed by atoms with E-state index in [1.54, 1.807) is 34.6 Å². The Kier molecular flexibility index (Phi) is 5.54. The third-order valence-electron chi connectivity index (χ3n) is 3.26. The van der Waals surface area contributed by atoms with E-state index < -0.39 is 40.8 Å². The van der Waals surface area contributed by atoms with Crippen molar-refractivity contribution in [3.63, 3.8) is 0 Å². The smallest absolute Gasteiger partial charge is 0.419 e. The topological polar surface area (TPSA) is 64.3 Å². The van der Waals surface area contributed by atoms with Crippen LogP contribution in [0.1, 0.15) is 51.8 Å². The Morgan fingerprint density at radius 2 is 1.71 bits per heavy atom. The number of alkyl carbamates (subject to hydrolysis) is 1. The van der Waals surface area contributed by atoms with Crippen molar-refractivity contribution in [1.29, 1.82) is 0 Å². The molecule has 136 valence electrons. The molecule has 0 spiro atoms. The molecule has 0 saturated carbocycles. The van der Waals surface area contributed by atoms with Gasteiger partial charge >= 0.3 is 12.3 Å². The highest BCUT2D eigenvalue weighted by atomic mass is 19.4. The molecule has 0 heterocycles. The number of halogens is 4. The number of hydrogen-bond acceptors (Lipinski definition) is 3. The first kappa shape index (κ1) is 20.2. The van der Waals surface area contributed by atoms with E-state index in [0.29, 0.717) is 6.07 Å². The zero-order valence-electron chi connectivity index (χ0n) is 14.2. The van der Waals surface area contributed by atoms with Crippen molar-refractivity contribution in [2.24, 2.45) is 5.73 Å². The maximum Gasteiger partial charge on any atom is 0.419 e. The minimum atomic E-state index is -4.78. The van der Waals surface area contributed by atoms with Crippen LogP contribution in [0.5, 0.6) is 0 Å². The van der Waals surface area contributed by atoms with Crippen molar-refractivity contribution in [2.75, 3.05) is 0 Å². The van der Waals surface area contributed by atoms with Crippen LogP contribution in [0.25, 0.3) is 0 Å². The Morgan fingerprint density at radius 3 is 2.12 bits per heavy atom. The largest absolute Gasteiger partial charge is 0.444 e. The SMILES string of the molecule is CC(C)(C)OC(=O)NC(C)(C)C(N)c1ccc(C(F)(F)F)c(F)c1. The van der Waals surface area contributed by atoms with Gasteiger partial charge in [0.15, 0.2) is 0 Å². The highest BCUT2D eigenvalue weighted by Crippen LogP contribution is 2.33. The van der Waals surface area contributed by atoms with Crippen molar-refractivity contribution in [2.45, 2.75) is 58.0 Å². The lowest BCUT2D eigenvalue weighted by molar-refractivity contribution is -0.140. The Morgan fingerprint density at radius 1 is 1.17 bits per heavy atom. The van der Waals surface area contributed by atoms with Crippen LogP contribution in [0, 0.1) is 5.82 Å². The number of nitrogens with one attached hydrogen (secondary N) is 1. The van der Waals surface area contributed by atoms with Gasteiger partial charge in [0.1, 0.15) is 11.4 Å². The molecule has 0 radical (unpaired) electrons. The molecule has 0 aromatic heterocycles. The molecule has 0 aliphatic rings. The van der Waals surface area contributed by atoms with E-state index in [1.165, 1.54) is 0 Å². The molecule has 1 unspecified atom stereocenters. The molecule has 1 aromatic rings. The monoisotopic (exact) mass is 350 g/mol. The van der Waals surface area contributed by atoms with Crippen LogP contribution in [0.15, 0.2) is 18.2 Å². The lowest BCUT2D eigenvalue weighted by atomic mass is 9.89. The summed E-state index contributed by atoms with van der Waals surface area (Å²) in [6.07, 6.45) is -5.51. The Balaban J connectivity index is 2.97. The lowest BCUT2D eigenvalue weighted by Crippen LogP contribution is -2.52. The second-order valence-electron chi connectivity index (χ2n) is 7.06. The van der Waals surface area contributed by atoms with E-state index >= 15 is 0 Å². The molecule has 1 rings (SSSR count). The molecule has 0 bridgehead atoms. The average molecular weight is 350 g/mol. The van der Waals surface area contributed by atoms with E-state index in [-0.39, 0.29) is 5.56 Å². The average Bonchev–Trinajstić information content (AvgIpc) is 2.32. The molecule has 1 aromatic carbocycles. The summed E-state index contributed by atoms with van der Waals surface area (Å²) in [4.78, 5) is 11.9. The summed E-state index contributed by atoms with van der Waals surface area (Å²) in [5.74, 6) is -1.41. The highest BCUT2D eigenvalue weighted by molar-refractivity contribution is 5.68. The Hall–Kier alpha value is -1.83. The first-order valence-electron chi connectivity index (χ1n) is 7.27. The van der Waals surface area contributed by atoms with E-state index in [9.17, 15) is 22.4 Å². The fourth-order valence-electron chi connectivity index (χ4n) is 2.02. The van der Waals surface area contributed by atoms with Gasteiger partial charge in [-0.05, 0) is 52.3 Å². The summed E-state index contributed by atoms with van der Waals surface area (Å²) in [7, 11) is 0. The molecule has 0 aliphatic heterocycles. The van der Waals surface area contributed by atoms with Crippen molar-refractivity contribution in [3.8, 4) is 0 Å². The van der Waals surface area contributed by atoms with Gasteiger partial charge in [-0.15, -0.1) is 0 Å². The predicted octanol–water partition coefficient (Wildman–Crippen LogP) is 4.15. The van der Waals surface area contributed by atoms with Gasteiger partial charge in [0.2, 0.25) is 0 Å². The standard InChI is InChI=1S/C16H22F4N2O2/c1-14(2,3)24-13(23)22-15(4,5)12(21)9-6-7-10(11(17)8-9)16(18,19)20/h6-8,12H,21H2,1-5H3,(H,22,23). The molecule has 0 saturated heterocycles. The number of ether oxygens (including phenoxy) is 1. The first-order valence-corrected chi connectivity index (χ1v) is 7.27. The second-order valence-corrected chi connectivity index (χ2v) is 7.06. The molecule has 1 amide bonds. The molecule has 8 heteroatoms. The number of carbonyl (C=O) groups excluding carboxylic acids is 1. The quantitative estimate of drug-likeness (QED) is 0.805. The fourth-order valence-corrected chi connectivity index (χ4v) is 2.02. The first-order chi connectivity index (χ1) is 10.6.